The maximum atomic E-state index is 11.4. The standard InChI is InChI=1S/C11H10N4O/c12-11(16)8-5-10-14-13-6-15(10)9-4-2-1-3-7(8)9/h1-5,13H,6H2,(H2,12,16). The molecule has 3 N–H and O–H groups in total. The molecule has 0 atom stereocenters. The predicted molar refractivity (Wildman–Crippen MR) is 61.5 cm³/mol. The Labute approximate surface area is 92.2 Å². The van der Waals surface area contributed by atoms with Crippen molar-refractivity contribution in [2.24, 2.45) is 10.8 Å². The zero-order valence-electron chi connectivity index (χ0n) is 8.47. The number of carbonyl (C=O) groups is 1. The number of amides is 1. The molecular weight excluding hydrogens is 204 g/mol. The minimum Gasteiger partial charge on any atom is -0.366 e. The van der Waals surface area contributed by atoms with Crippen LogP contribution < -0.4 is 16.1 Å². The molecule has 2 heterocycles. The van der Waals surface area contributed by atoms with Gasteiger partial charge in [0, 0.05) is 5.56 Å². The second kappa shape index (κ2) is 3.10. The van der Waals surface area contributed by atoms with E-state index in [9.17, 15) is 4.79 Å². The van der Waals surface area contributed by atoms with E-state index in [1.807, 2.05) is 29.2 Å². The van der Waals surface area contributed by atoms with Crippen LogP contribution in [-0.2, 0) is 4.79 Å². The van der Waals surface area contributed by atoms with E-state index in [4.69, 9.17) is 5.73 Å². The number of hydrogen-bond donors (Lipinski definition) is 2. The van der Waals surface area contributed by atoms with Crippen molar-refractivity contribution in [3.8, 4) is 0 Å². The molecule has 0 bridgehead atoms. The molecule has 0 aliphatic carbocycles. The van der Waals surface area contributed by atoms with Crippen molar-refractivity contribution < 1.29 is 4.79 Å². The van der Waals surface area contributed by atoms with E-state index in [1.54, 1.807) is 6.08 Å². The maximum absolute atomic E-state index is 11.4. The third-order valence-electron chi connectivity index (χ3n) is 2.72. The quantitative estimate of drug-likeness (QED) is 0.704. The van der Waals surface area contributed by atoms with Crippen molar-refractivity contribution in [2.45, 2.75) is 0 Å². The van der Waals surface area contributed by atoms with E-state index in [-0.39, 0.29) is 0 Å². The van der Waals surface area contributed by atoms with Gasteiger partial charge in [0.15, 0.2) is 5.84 Å². The van der Waals surface area contributed by atoms with E-state index in [0.29, 0.717) is 12.2 Å². The monoisotopic (exact) mass is 214 g/mol. The number of primary amides is 1. The summed E-state index contributed by atoms with van der Waals surface area (Å²) in [6.45, 7) is 0.620. The highest BCUT2D eigenvalue weighted by Gasteiger charge is 2.27. The molecule has 0 fully saturated rings. The van der Waals surface area contributed by atoms with Crippen LogP contribution in [-0.4, -0.2) is 18.4 Å². The van der Waals surface area contributed by atoms with Crippen LogP contribution in [0.25, 0.3) is 5.57 Å². The minimum atomic E-state index is -0.429. The average Bonchev–Trinajstić information content (AvgIpc) is 2.75. The second-order valence-corrected chi connectivity index (χ2v) is 3.65. The Morgan fingerprint density at radius 1 is 1.44 bits per heavy atom. The number of nitrogens with one attached hydrogen (secondary N) is 1. The Bertz CT molecular complexity index is 533. The molecule has 0 aromatic heterocycles. The molecule has 1 aromatic rings. The summed E-state index contributed by atoms with van der Waals surface area (Å²) in [5.41, 5.74) is 10.6. The van der Waals surface area contributed by atoms with Gasteiger partial charge in [-0.05, 0) is 12.1 Å². The first-order valence-corrected chi connectivity index (χ1v) is 4.96. The number of hydrogen-bond acceptors (Lipinski definition) is 4. The van der Waals surface area contributed by atoms with Crippen LogP contribution in [0.3, 0.4) is 0 Å². The normalized spacial score (nSPS) is 16.9. The van der Waals surface area contributed by atoms with Crippen molar-refractivity contribution in [3.05, 3.63) is 35.9 Å². The van der Waals surface area contributed by atoms with E-state index in [0.717, 1.165) is 17.1 Å². The zero-order chi connectivity index (χ0) is 11.1. The topological polar surface area (TPSA) is 70.7 Å². The summed E-state index contributed by atoms with van der Waals surface area (Å²) in [5.74, 6) is 0.300. The Morgan fingerprint density at radius 2 is 2.25 bits per heavy atom. The third-order valence-corrected chi connectivity index (χ3v) is 2.72. The lowest BCUT2D eigenvalue weighted by Gasteiger charge is -2.25. The number of fused-ring (bicyclic) bond motifs is 3. The first kappa shape index (κ1) is 8.96. The molecule has 2 aliphatic heterocycles. The smallest absolute Gasteiger partial charge is 0.249 e. The minimum absolute atomic E-state index is 0.429. The molecule has 1 aromatic carbocycles. The van der Waals surface area contributed by atoms with Gasteiger partial charge in [0.25, 0.3) is 0 Å². The first-order chi connectivity index (χ1) is 7.77. The number of nitrogens with two attached hydrogens (primary N) is 1. The van der Waals surface area contributed by atoms with Crippen LogP contribution in [0.2, 0.25) is 0 Å². The molecule has 3 rings (SSSR count). The molecule has 5 nitrogen and oxygen atoms in total. The number of nitrogens with zero attached hydrogens (tertiary/aromatic N) is 2. The summed E-state index contributed by atoms with van der Waals surface area (Å²) >= 11 is 0. The van der Waals surface area contributed by atoms with E-state index in [2.05, 4.69) is 10.5 Å². The lowest BCUT2D eigenvalue weighted by atomic mass is 9.98. The van der Waals surface area contributed by atoms with Crippen molar-refractivity contribution in [3.63, 3.8) is 0 Å². The highest BCUT2D eigenvalue weighted by Crippen LogP contribution is 2.32. The van der Waals surface area contributed by atoms with Gasteiger partial charge < -0.3 is 10.6 Å². The van der Waals surface area contributed by atoms with Crippen molar-refractivity contribution in [1.82, 2.24) is 5.43 Å². The second-order valence-electron chi connectivity index (χ2n) is 3.65. The fourth-order valence-electron chi connectivity index (χ4n) is 1.99. The van der Waals surface area contributed by atoms with Gasteiger partial charge in [0.1, 0.15) is 6.67 Å². The fraction of sp³-hybridized carbons (Fsp3) is 0.0909. The summed E-state index contributed by atoms with van der Waals surface area (Å²) in [5, 5.41) is 4.10. The van der Waals surface area contributed by atoms with Crippen LogP contribution >= 0.6 is 0 Å². The largest absolute Gasteiger partial charge is 0.366 e. The van der Waals surface area contributed by atoms with Gasteiger partial charge in [-0.1, -0.05) is 18.2 Å². The van der Waals surface area contributed by atoms with Gasteiger partial charge in [-0.2, -0.15) is 5.10 Å². The lowest BCUT2D eigenvalue weighted by Crippen LogP contribution is -2.33. The van der Waals surface area contributed by atoms with Gasteiger partial charge in [-0.25, -0.2) is 0 Å². The highest BCUT2D eigenvalue weighted by molar-refractivity contribution is 6.29. The molecule has 5 heteroatoms. The number of rotatable bonds is 1. The summed E-state index contributed by atoms with van der Waals surface area (Å²) in [6.07, 6.45) is 1.71. The molecule has 0 unspecified atom stereocenters. The maximum Gasteiger partial charge on any atom is 0.249 e. The van der Waals surface area contributed by atoms with Crippen molar-refractivity contribution >= 4 is 23.0 Å². The summed E-state index contributed by atoms with van der Waals surface area (Å²) < 4.78 is 0. The third kappa shape index (κ3) is 1.11. The molecule has 0 spiro atoms. The van der Waals surface area contributed by atoms with Crippen molar-refractivity contribution in [2.75, 3.05) is 11.6 Å². The van der Waals surface area contributed by atoms with Gasteiger partial charge in [0.2, 0.25) is 5.91 Å². The number of para-hydroxylation sites is 1. The van der Waals surface area contributed by atoms with Gasteiger partial charge in [0.05, 0.1) is 11.3 Å². The van der Waals surface area contributed by atoms with Crippen LogP contribution in [0.4, 0.5) is 5.69 Å². The Hall–Kier alpha value is -2.30. The molecule has 1 amide bonds. The fourth-order valence-corrected chi connectivity index (χ4v) is 1.99. The number of amidine groups is 1. The summed E-state index contributed by atoms with van der Waals surface area (Å²) in [4.78, 5) is 13.4. The SMILES string of the molecule is NC(=O)C1=CC2=NNCN2c2ccccc21. The van der Waals surface area contributed by atoms with Gasteiger partial charge >= 0.3 is 0 Å². The van der Waals surface area contributed by atoms with Crippen LogP contribution in [0.1, 0.15) is 5.56 Å². The van der Waals surface area contributed by atoms with E-state index < -0.39 is 5.91 Å². The molecule has 0 saturated carbocycles. The molecule has 80 valence electrons. The highest BCUT2D eigenvalue weighted by atomic mass is 16.1. The summed E-state index contributed by atoms with van der Waals surface area (Å²) in [6, 6.07) is 7.66. The molecule has 16 heavy (non-hydrogen) atoms. The lowest BCUT2D eigenvalue weighted by molar-refractivity contribution is -0.112. The Morgan fingerprint density at radius 3 is 3.06 bits per heavy atom. The van der Waals surface area contributed by atoms with E-state index >= 15 is 0 Å². The zero-order valence-corrected chi connectivity index (χ0v) is 8.47. The number of carbonyl (C=O) groups excluding carboxylic acids is 1. The molecule has 2 aliphatic rings. The van der Waals surface area contributed by atoms with Crippen LogP contribution in [0, 0.1) is 0 Å². The van der Waals surface area contributed by atoms with E-state index in [1.165, 1.54) is 0 Å². The summed E-state index contributed by atoms with van der Waals surface area (Å²) in [7, 11) is 0. The Balaban J connectivity index is 2.24. The number of hydrazone groups is 1. The first-order valence-electron chi connectivity index (χ1n) is 4.96. The average molecular weight is 214 g/mol. The van der Waals surface area contributed by atoms with Crippen LogP contribution in [0.15, 0.2) is 35.4 Å². The number of anilines is 1. The number of benzene rings is 1. The molecule has 0 saturated heterocycles. The Kier molecular flexibility index (Phi) is 1.73. The van der Waals surface area contributed by atoms with Gasteiger partial charge in [-0.3, -0.25) is 10.2 Å². The van der Waals surface area contributed by atoms with Crippen molar-refractivity contribution in [1.29, 1.82) is 0 Å². The molecular formula is C11H10N4O. The molecule has 0 radical (unpaired) electrons. The van der Waals surface area contributed by atoms with Crippen LogP contribution in [0.5, 0.6) is 0 Å². The van der Waals surface area contributed by atoms with Gasteiger partial charge in [-0.15, -0.1) is 0 Å². The predicted octanol–water partition coefficient (Wildman–Crippen LogP) is 0.249.